The van der Waals surface area contributed by atoms with Crippen LogP contribution in [0.1, 0.15) is 71.6 Å². The number of amides is 1. The molecule has 1 aliphatic heterocycles. The van der Waals surface area contributed by atoms with Gasteiger partial charge in [-0.15, -0.1) is 0 Å². The first kappa shape index (κ1) is 20.0. The molecule has 1 fully saturated rings. The van der Waals surface area contributed by atoms with Crippen LogP contribution in [0.25, 0.3) is 0 Å². The Hall–Kier alpha value is -2.31. The van der Waals surface area contributed by atoms with Crippen molar-refractivity contribution in [3.63, 3.8) is 0 Å². The minimum absolute atomic E-state index is 0.165. The molecule has 1 saturated heterocycles. The van der Waals surface area contributed by atoms with Crippen molar-refractivity contribution in [1.82, 2.24) is 9.88 Å². The fraction of sp³-hybridized carbons (Fsp3) is 0.632. The molecule has 1 N–H and O–H groups in total. The number of nitrogens with one attached hydrogen (secondary N) is 1. The van der Waals surface area contributed by atoms with Gasteiger partial charge < -0.3 is 19.4 Å². The van der Waals surface area contributed by atoms with E-state index < -0.39 is 11.9 Å². The summed E-state index contributed by atoms with van der Waals surface area (Å²) < 4.78 is 10.2. The lowest BCUT2D eigenvalue weighted by Crippen LogP contribution is -2.45. The van der Waals surface area contributed by atoms with Gasteiger partial charge in [-0.2, -0.15) is 0 Å². The highest BCUT2D eigenvalue weighted by atomic mass is 16.5. The summed E-state index contributed by atoms with van der Waals surface area (Å²) in [5, 5.41) is 0. The summed E-state index contributed by atoms with van der Waals surface area (Å²) in [7, 11) is 0. The molecule has 1 aromatic heterocycles. The molecule has 0 bridgehead atoms. The second kappa shape index (κ2) is 8.87. The topological polar surface area (TPSA) is 88.7 Å². The number of aromatic amines is 1. The summed E-state index contributed by atoms with van der Waals surface area (Å²) in [6, 6.07) is 0.223. The van der Waals surface area contributed by atoms with E-state index in [0.717, 1.165) is 25.7 Å². The zero-order chi connectivity index (χ0) is 19.3. The average molecular weight is 364 g/mol. The monoisotopic (exact) mass is 364 g/mol. The summed E-state index contributed by atoms with van der Waals surface area (Å²) in [5.74, 6) is -1.28. The first-order chi connectivity index (χ1) is 12.4. The Morgan fingerprint density at radius 1 is 1.12 bits per heavy atom. The summed E-state index contributed by atoms with van der Waals surface area (Å²) in [6.45, 7) is 7.80. The standard InChI is InChI=1S/C19H28N2O5/c1-5-14-9-7-8-10-21(14)15(22)11-26-18(23)16-12(3)17(20-13(16)4)19(24)25-6-2/h14,20H,5-11H2,1-4H3/t14-/m0/s1. The van der Waals surface area contributed by atoms with Crippen molar-refractivity contribution in [3.05, 3.63) is 22.5 Å². The highest BCUT2D eigenvalue weighted by Crippen LogP contribution is 2.21. The number of aromatic nitrogens is 1. The molecular weight excluding hydrogens is 336 g/mol. The van der Waals surface area contributed by atoms with E-state index in [0.29, 0.717) is 17.8 Å². The number of nitrogens with zero attached hydrogens (tertiary/aromatic N) is 1. The maximum absolute atomic E-state index is 12.5. The highest BCUT2D eigenvalue weighted by Gasteiger charge is 2.28. The Labute approximate surface area is 154 Å². The van der Waals surface area contributed by atoms with Crippen molar-refractivity contribution in [2.24, 2.45) is 0 Å². The minimum atomic E-state index is -0.606. The van der Waals surface area contributed by atoms with Gasteiger partial charge in [0.25, 0.3) is 5.91 Å². The molecule has 1 aliphatic rings. The largest absolute Gasteiger partial charge is 0.461 e. The summed E-state index contributed by atoms with van der Waals surface area (Å²) in [5.41, 5.74) is 1.52. The zero-order valence-corrected chi connectivity index (χ0v) is 16.0. The van der Waals surface area contributed by atoms with Crippen molar-refractivity contribution in [2.75, 3.05) is 19.8 Å². The molecule has 26 heavy (non-hydrogen) atoms. The Kier molecular flexibility index (Phi) is 6.83. The molecule has 0 unspecified atom stereocenters. The van der Waals surface area contributed by atoms with Crippen LogP contribution in [0.5, 0.6) is 0 Å². The van der Waals surface area contributed by atoms with E-state index >= 15 is 0 Å². The van der Waals surface area contributed by atoms with Crippen LogP contribution in [0.3, 0.4) is 0 Å². The molecular formula is C19H28N2O5. The SMILES string of the molecule is CCOC(=O)c1[nH]c(C)c(C(=O)OCC(=O)N2CCCC[C@@H]2CC)c1C. The van der Waals surface area contributed by atoms with Gasteiger partial charge >= 0.3 is 11.9 Å². The van der Waals surface area contributed by atoms with Crippen molar-refractivity contribution in [3.8, 4) is 0 Å². The lowest BCUT2D eigenvalue weighted by atomic mass is 10.00. The normalized spacial score (nSPS) is 17.1. The molecule has 0 saturated carbocycles. The molecule has 0 aromatic carbocycles. The number of aryl methyl sites for hydroxylation is 1. The van der Waals surface area contributed by atoms with Crippen molar-refractivity contribution in [1.29, 1.82) is 0 Å². The van der Waals surface area contributed by atoms with Crippen LogP contribution in [0.2, 0.25) is 0 Å². The van der Waals surface area contributed by atoms with Crippen LogP contribution in [0.4, 0.5) is 0 Å². The second-order valence-corrected chi connectivity index (χ2v) is 6.57. The van der Waals surface area contributed by atoms with E-state index in [9.17, 15) is 14.4 Å². The Balaban J connectivity index is 2.04. The van der Waals surface area contributed by atoms with Gasteiger partial charge in [-0.3, -0.25) is 4.79 Å². The predicted octanol–water partition coefficient (Wildman–Crippen LogP) is 2.76. The smallest absolute Gasteiger partial charge is 0.355 e. The lowest BCUT2D eigenvalue weighted by Gasteiger charge is -2.35. The molecule has 1 amide bonds. The van der Waals surface area contributed by atoms with Gasteiger partial charge in [0.05, 0.1) is 12.2 Å². The molecule has 7 nitrogen and oxygen atoms in total. The fourth-order valence-corrected chi connectivity index (χ4v) is 3.50. The maximum Gasteiger partial charge on any atom is 0.355 e. The second-order valence-electron chi connectivity index (χ2n) is 6.57. The van der Waals surface area contributed by atoms with E-state index in [4.69, 9.17) is 9.47 Å². The van der Waals surface area contributed by atoms with Gasteiger partial charge in [0, 0.05) is 18.3 Å². The van der Waals surface area contributed by atoms with Gasteiger partial charge in [0.15, 0.2) is 6.61 Å². The molecule has 144 valence electrons. The predicted molar refractivity (Wildman–Crippen MR) is 96.1 cm³/mol. The third kappa shape index (κ3) is 4.26. The summed E-state index contributed by atoms with van der Waals surface area (Å²) in [4.78, 5) is 41.5. The number of likely N-dealkylation sites (tertiary alicyclic amines) is 1. The van der Waals surface area contributed by atoms with Crippen LogP contribution < -0.4 is 0 Å². The van der Waals surface area contributed by atoms with Crippen molar-refractivity contribution < 1.29 is 23.9 Å². The molecule has 0 spiro atoms. The first-order valence-electron chi connectivity index (χ1n) is 9.23. The zero-order valence-electron chi connectivity index (χ0n) is 16.0. The van der Waals surface area contributed by atoms with Crippen LogP contribution in [0, 0.1) is 13.8 Å². The maximum atomic E-state index is 12.5. The molecule has 0 aliphatic carbocycles. The number of carbonyl (C=O) groups excluding carboxylic acids is 3. The van der Waals surface area contributed by atoms with E-state index in [1.54, 1.807) is 20.8 Å². The third-order valence-electron chi connectivity index (χ3n) is 4.87. The molecule has 2 rings (SSSR count). The number of esters is 2. The molecule has 7 heteroatoms. The van der Waals surface area contributed by atoms with Gasteiger partial charge in [0.2, 0.25) is 0 Å². The average Bonchev–Trinajstić information content (AvgIpc) is 2.94. The van der Waals surface area contributed by atoms with Gasteiger partial charge in [-0.1, -0.05) is 6.92 Å². The number of hydrogen-bond acceptors (Lipinski definition) is 5. The number of carbonyl (C=O) groups is 3. The Morgan fingerprint density at radius 3 is 2.50 bits per heavy atom. The van der Waals surface area contributed by atoms with E-state index in [2.05, 4.69) is 11.9 Å². The Morgan fingerprint density at radius 2 is 1.85 bits per heavy atom. The summed E-state index contributed by atoms with van der Waals surface area (Å²) >= 11 is 0. The number of H-pyrrole nitrogens is 1. The van der Waals surface area contributed by atoms with Crippen LogP contribution >= 0.6 is 0 Å². The number of hydrogen-bond donors (Lipinski definition) is 1. The lowest BCUT2D eigenvalue weighted by molar-refractivity contribution is -0.138. The van der Waals surface area contributed by atoms with E-state index in [1.807, 2.05) is 4.90 Å². The Bertz CT molecular complexity index is 680. The van der Waals surface area contributed by atoms with Gasteiger partial charge in [-0.25, -0.2) is 9.59 Å². The molecule has 0 radical (unpaired) electrons. The van der Waals surface area contributed by atoms with Crippen LogP contribution in [-0.2, 0) is 14.3 Å². The van der Waals surface area contributed by atoms with Crippen molar-refractivity contribution in [2.45, 2.75) is 59.4 Å². The van der Waals surface area contributed by atoms with Gasteiger partial charge in [0.1, 0.15) is 5.69 Å². The molecule has 2 heterocycles. The third-order valence-corrected chi connectivity index (χ3v) is 4.87. The van der Waals surface area contributed by atoms with Crippen molar-refractivity contribution >= 4 is 17.8 Å². The van der Waals surface area contributed by atoms with Crippen LogP contribution in [0.15, 0.2) is 0 Å². The molecule has 1 aromatic rings. The minimum Gasteiger partial charge on any atom is -0.461 e. The van der Waals surface area contributed by atoms with Crippen LogP contribution in [-0.4, -0.2) is 53.5 Å². The highest BCUT2D eigenvalue weighted by molar-refractivity contribution is 5.99. The quantitative estimate of drug-likeness (QED) is 0.784. The number of ether oxygens (including phenoxy) is 2. The van der Waals surface area contributed by atoms with Gasteiger partial charge in [-0.05, 0) is 52.0 Å². The fourth-order valence-electron chi connectivity index (χ4n) is 3.50. The number of piperidine rings is 1. The summed E-state index contributed by atoms with van der Waals surface area (Å²) in [6.07, 6.45) is 4.00. The first-order valence-corrected chi connectivity index (χ1v) is 9.23. The number of rotatable bonds is 6. The van der Waals surface area contributed by atoms with E-state index in [1.165, 1.54) is 0 Å². The van der Waals surface area contributed by atoms with E-state index in [-0.39, 0.29) is 36.4 Å². The molecule has 1 atom stereocenters.